The molecule has 0 heterocycles. The summed E-state index contributed by atoms with van der Waals surface area (Å²) in [6, 6.07) is 3.64. The number of ether oxygens (including phenoxy) is 1. The summed E-state index contributed by atoms with van der Waals surface area (Å²) >= 11 is 0. The smallest absolute Gasteiger partial charge is 0.311 e. The Hall–Kier alpha value is -1.51. The Kier molecular flexibility index (Phi) is 14.7. The molecule has 0 saturated carbocycles. The highest BCUT2D eigenvalue weighted by molar-refractivity contribution is 5.73. The summed E-state index contributed by atoms with van der Waals surface area (Å²) in [5.41, 5.74) is 1.22. The number of benzene rings is 1. The third-order valence-corrected chi connectivity index (χ3v) is 6.92. The van der Waals surface area contributed by atoms with Gasteiger partial charge < -0.3 is 9.84 Å². The van der Waals surface area contributed by atoms with E-state index in [1.165, 1.54) is 83.5 Å². The van der Waals surface area contributed by atoms with E-state index in [2.05, 4.69) is 48.5 Å². The Bertz CT molecular complexity index is 722. The van der Waals surface area contributed by atoms with E-state index in [4.69, 9.17) is 4.74 Å². The second-order valence-corrected chi connectivity index (χ2v) is 12.5. The third-order valence-electron chi connectivity index (χ3n) is 6.92. The molecule has 202 valence electrons. The monoisotopic (exact) mass is 488 g/mol. The molecule has 0 aliphatic carbocycles. The first-order valence-electron chi connectivity index (χ1n) is 14.6. The van der Waals surface area contributed by atoms with E-state index in [9.17, 15) is 9.90 Å². The molecule has 0 saturated heterocycles. The lowest BCUT2D eigenvalue weighted by Gasteiger charge is -2.27. The van der Waals surface area contributed by atoms with E-state index in [-0.39, 0.29) is 22.5 Å². The van der Waals surface area contributed by atoms with Gasteiger partial charge >= 0.3 is 5.97 Å². The van der Waals surface area contributed by atoms with Crippen LogP contribution in [0.5, 0.6) is 11.5 Å². The molecule has 3 heteroatoms. The second kappa shape index (κ2) is 16.3. The lowest BCUT2D eigenvalue weighted by molar-refractivity contribution is -0.134. The second-order valence-electron chi connectivity index (χ2n) is 12.5. The lowest BCUT2D eigenvalue weighted by Crippen LogP contribution is -2.19. The first kappa shape index (κ1) is 31.5. The van der Waals surface area contributed by atoms with Crippen LogP contribution in [0.4, 0.5) is 0 Å². The largest absolute Gasteiger partial charge is 0.508 e. The fraction of sp³-hybridized carbons (Fsp3) is 0.781. The molecule has 0 aromatic heterocycles. The van der Waals surface area contributed by atoms with Gasteiger partial charge in [-0.1, -0.05) is 138 Å². The number of carbonyl (C=O) groups excluding carboxylic acids is 1. The number of hydrogen-bond donors (Lipinski definition) is 1. The van der Waals surface area contributed by atoms with Crippen LogP contribution < -0.4 is 4.74 Å². The fourth-order valence-corrected chi connectivity index (χ4v) is 4.65. The number of hydrogen-bond acceptors (Lipinski definition) is 3. The standard InChI is InChI=1S/C32H56O3/c1-8-9-10-11-12-13-14-15-16-17-18-19-20-21-22-23-30(34)35-29-25-26(31(2,3)4)28(33)24-27(29)32(5,6)7/h24-25,33H,8-23H2,1-7H3. The average molecular weight is 489 g/mol. The number of esters is 1. The Morgan fingerprint density at radius 2 is 1.06 bits per heavy atom. The SMILES string of the molecule is CCCCCCCCCCCCCCCCCC(=O)Oc1cc(C(C)(C)C)c(O)cc1C(C)(C)C. The zero-order valence-corrected chi connectivity index (χ0v) is 24.2. The minimum atomic E-state index is -0.226. The molecule has 1 aromatic rings. The van der Waals surface area contributed by atoms with Gasteiger partial charge in [-0.05, 0) is 29.4 Å². The van der Waals surface area contributed by atoms with Gasteiger partial charge in [0.25, 0.3) is 0 Å². The number of carbonyl (C=O) groups is 1. The maximum absolute atomic E-state index is 12.6. The molecule has 0 radical (unpaired) electrons. The van der Waals surface area contributed by atoms with Crippen molar-refractivity contribution in [3.05, 3.63) is 23.3 Å². The van der Waals surface area contributed by atoms with Gasteiger partial charge in [0.15, 0.2) is 0 Å². The van der Waals surface area contributed by atoms with E-state index in [1.807, 2.05) is 6.07 Å². The Balaban J connectivity index is 2.26. The van der Waals surface area contributed by atoms with Gasteiger partial charge in [0.1, 0.15) is 11.5 Å². The average Bonchev–Trinajstić information content (AvgIpc) is 2.76. The van der Waals surface area contributed by atoms with Crippen molar-refractivity contribution in [3.63, 3.8) is 0 Å². The van der Waals surface area contributed by atoms with E-state index < -0.39 is 0 Å². The molecule has 3 nitrogen and oxygen atoms in total. The summed E-state index contributed by atoms with van der Waals surface area (Å²) in [5, 5.41) is 10.6. The van der Waals surface area contributed by atoms with E-state index in [1.54, 1.807) is 6.07 Å². The molecular weight excluding hydrogens is 432 g/mol. The molecule has 0 atom stereocenters. The highest BCUT2D eigenvalue weighted by Crippen LogP contribution is 2.40. The fourth-order valence-electron chi connectivity index (χ4n) is 4.65. The van der Waals surface area contributed by atoms with Crippen LogP contribution in [0.15, 0.2) is 12.1 Å². The van der Waals surface area contributed by atoms with Gasteiger partial charge in [-0.2, -0.15) is 0 Å². The van der Waals surface area contributed by atoms with Crippen LogP contribution in [0.25, 0.3) is 0 Å². The Labute approximate surface area is 217 Å². The summed E-state index contributed by atoms with van der Waals surface area (Å²) < 4.78 is 5.83. The van der Waals surface area contributed by atoms with Crippen molar-refractivity contribution in [3.8, 4) is 11.5 Å². The Morgan fingerprint density at radius 3 is 1.46 bits per heavy atom. The first-order valence-corrected chi connectivity index (χ1v) is 14.6. The first-order chi connectivity index (χ1) is 16.5. The van der Waals surface area contributed by atoms with Crippen LogP contribution in [0.1, 0.15) is 162 Å². The van der Waals surface area contributed by atoms with Crippen molar-refractivity contribution in [1.82, 2.24) is 0 Å². The summed E-state index contributed by atoms with van der Waals surface area (Å²) in [7, 11) is 0. The number of unbranched alkanes of at least 4 members (excludes halogenated alkanes) is 14. The molecule has 0 bridgehead atoms. The number of phenolic OH excluding ortho intramolecular Hbond substituents is 1. The van der Waals surface area contributed by atoms with Crippen molar-refractivity contribution < 1.29 is 14.6 Å². The predicted octanol–water partition coefficient (Wildman–Crippen LogP) is 10.2. The van der Waals surface area contributed by atoms with Gasteiger partial charge in [-0.15, -0.1) is 0 Å². The molecule has 0 spiro atoms. The third kappa shape index (κ3) is 13.4. The van der Waals surface area contributed by atoms with Gasteiger partial charge in [0.2, 0.25) is 0 Å². The maximum atomic E-state index is 12.6. The van der Waals surface area contributed by atoms with Crippen molar-refractivity contribution in [2.75, 3.05) is 0 Å². The molecular formula is C32H56O3. The van der Waals surface area contributed by atoms with Crippen LogP contribution in [0, 0.1) is 0 Å². The summed E-state index contributed by atoms with van der Waals surface area (Å²) in [4.78, 5) is 12.6. The molecule has 0 fully saturated rings. The zero-order chi connectivity index (χ0) is 26.3. The Morgan fingerprint density at radius 1 is 0.657 bits per heavy atom. The highest BCUT2D eigenvalue weighted by Gasteiger charge is 2.26. The van der Waals surface area contributed by atoms with Crippen molar-refractivity contribution in [2.45, 2.75) is 162 Å². The highest BCUT2D eigenvalue weighted by atomic mass is 16.5. The lowest BCUT2D eigenvalue weighted by atomic mass is 9.81. The zero-order valence-electron chi connectivity index (χ0n) is 24.2. The van der Waals surface area contributed by atoms with Gasteiger partial charge in [0.05, 0.1) is 0 Å². The molecule has 1 N–H and O–H groups in total. The molecule has 0 unspecified atom stereocenters. The molecule has 1 aromatic carbocycles. The normalized spacial score (nSPS) is 12.2. The van der Waals surface area contributed by atoms with Crippen LogP contribution in [0.3, 0.4) is 0 Å². The molecule has 35 heavy (non-hydrogen) atoms. The van der Waals surface area contributed by atoms with Crippen molar-refractivity contribution in [1.29, 1.82) is 0 Å². The molecule has 1 rings (SSSR count). The number of aromatic hydroxyl groups is 1. The number of rotatable bonds is 17. The van der Waals surface area contributed by atoms with E-state index >= 15 is 0 Å². The van der Waals surface area contributed by atoms with Crippen molar-refractivity contribution >= 4 is 5.97 Å². The van der Waals surface area contributed by atoms with Crippen LogP contribution >= 0.6 is 0 Å². The molecule has 0 aliphatic heterocycles. The van der Waals surface area contributed by atoms with Gasteiger partial charge in [0, 0.05) is 17.5 Å². The quantitative estimate of drug-likeness (QED) is 0.135. The van der Waals surface area contributed by atoms with Gasteiger partial charge in [-0.25, -0.2) is 0 Å². The predicted molar refractivity (Wildman–Crippen MR) is 151 cm³/mol. The maximum Gasteiger partial charge on any atom is 0.311 e. The number of phenols is 1. The van der Waals surface area contributed by atoms with Crippen LogP contribution in [-0.2, 0) is 15.6 Å². The summed E-state index contributed by atoms with van der Waals surface area (Å²) in [5.74, 6) is 0.687. The summed E-state index contributed by atoms with van der Waals surface area (Å²) in [6.07, 6.45) is 20.1. The minimum absolute atomic E-state index is 0.171. The van der Waals surface area contributed by atoms with E-state index in [0.717, 1.165) is 24.0 Å². The van der Waals surface area contributed by atoms with Gasteiger partial charge in [-0.3, -0.25) is 4.79 Å². The molecule has 0 aliphatic rings. The van der Waals surface area contributed by atoms with E-state index in [0.29, 0.717) is 12.2 Å². The summed E-state index contributed by atoms with van der Waals surface area (Å²) in [6.45, 7) is 14.7. The minimum Gasteiger partial charge on any atom is -0.508 e. The topological polar surface area (TPSA) is 46.5 Å². The molecule has 0 amide bonds. The van der Waals surface area contributed by atoms with Crippen LogP contribution in [-0.4, -0.2) is 11.1 Å². The van der Waals surface area contributed by atoms with Crippen molar-refractivity contribution in [2.24, 2.45) is 0 Å². The van der Waals surface area contributed by atoms with Crippen LogP contribution in [0.2, 0.25) is 0 Å².